The van der Waals surface area contributed by atoms with Gasteiger partial charge in [0.05, 0.1) is 6.10 Å². The van der Waals surface area contributed by atoms with Gasteiger partial charge in [0.1, 0.15) is 23.4 Å². The Morgan fingerprint density at radius 1 is 1.30 bits per heavy atom. The molecule has 0 bridgehead atoms. The minimum absolute atomic E-state index is 0.00834. The smallest absolute Gasteiger partial charge is 0.345 e. The highest BCUT2D eigenvalue weighted by Gasteiger charge is 2.31. The van der Waals surface area contributed by atoms with Crippen LogP contribution >= 0.6 is 0 Å². The van der Waals surface area contributed by atoms with E-state index in [0.29, 0.717) is 18.4 Å². The molecule has 1 amide bonds. The predicted molar refractivity (Wildman–Crippen MR) is 87.4 cm³/mol. The molecule has 0 radical (unpaired) electrons. The number of primary amides is 1. The maximum Gasteiger partial charge on any atom is 0.345 e. The molecular formula is C18H16F4N2O3. The molecule has 0 fully saturated rings. The number of aromatic nitrogens is 1. The van der Waals surface area contributed by atoms with Crippen LogP contribution in [-0.2, 0) is 11.2 Å². The van der Waals surface area contributed by atoms with E-state index in [9.17, 15) is 22.4 Å². The summed E-state index contributed by atoms with van der Waals surface area (Å²) in [6.45, 7) is -1.53. The van der Waals surface area contributed by atoms with E-state index in [4.69, 9.17) is 10.5 Å². The molecule has 9 heteroatoms. The van der Waals surface area contributed by atoms with Gasteiger partial charge >= 0.3 is 6.61 Å². The Balaban J connectivity index is 2.05. The lowest BCUT2D eigenvalue weighted by atomic mass is 9.93. The fraction of sp³-hybridized carbons (Fsp3) is 0.333. The number of halogens is 4. The first-order valence-electron chi connectivity index (χ1n) is 8.15. The summed E-state index contributed by atoms with van der Waals surface area (Å²) in [7, 11) is 0. The Bertz CT molecular complexity index is 876. The summed E-state index contributed by atoms with van der Waals surface area (Å²) in [4.78, 5) is 15.6. The van der Waals surface area contributed by atoms with Crippen LogP contribution in [0.15, 0.2) is 24.3 Å². The number of carbonyl (C=O) groups is 1. The van der Waals surface area contributed by atoms with Gasteiger partial charge in [0.2, 0.25) is 5.88 Å². The number of hydrogen-bond donors (Lipinski definition) is 1. The Kier molecular flexibility index (Phi) is 5.31. The van der Waals surface area contributed by atoms with E-state index in [2.05, 4.69) is 9.72 Å². The highest BCUT2D eigenvalue weighted by Crippen LogP contribution is 2.37. The average molecular weight is 384 g/mol. The first-order valence-corrected chi connectivity index (χ1v) is 8.15. The molecule has 0 saturated carbocycles. The molecule has 2 heterocycles. The third-order valence-corrected chi connectivity index (χ3v) is 4.34. The number of carbonyl (C=O) groups excluding carboxylic acids is 1. The average Bonchev–Trinajstić information content (AvgIpc) is 2.59. The highest BCUT2D eigenvalue weighted by atomic mass is 19.3. The van der Waals surface area contributed by atoms with Crippen molar-refractivity contribution in [3.05, 3.63) is 47.2 Å². The molecule has 0 aliphatic carbocycles. The second-order valence-electron chi connectivity index (χ2n) is 6.12. The number of hydrogen-bond acceptors (Lipinski definition) is 4. The van der Waals surface area contributed by atoms with Crippen molar-refractivity contribution >= 4 is 5.91 Å². The van der Waals surface area contributed by atoms with Crippen LogP contribution in [-0.4, -0.2) is 29.7 Å². The predicted octanol–water partition coefficient (Wildman–Crippen LogP) is 3.45. The molecule has 2 aromatic rings. The third kappa shape index (κ3) is 4.02. The Morgan fingerprint density at radius 2 is 2.04 bits per heavy atom. The monoisotopic (exact) mass is 384 g/mol. The molecule has 0 saturated heterocycles. The summed E-state index contributed by atoms with van der Waals surface area (Å²) in [5, 5.41) is 0. The van der Waals surface area contributed by atoms with Crippen LogP contribution in [0.5, 0.6) is 5.88 Å². The van der Waals surface area contributed by atoms with Gasteiger partial charge in [-0.1, -0.05) is 0 Å². The van der Waals surface area contributed by atoms with Gasteiger partial charge in [0.15, 0.2) is 0 Å². The first-order chi connectivity index (χ1) is 12.8. The molecule has 5 nitrogen and oxygen atoms in total. The maximum atomic E-state index is 14.3. The van der Waals surface area contributed by atoms with Crippen molar-refractivity contribution in [2.45, 2.75) is 38.6 Å². The SMILES string of the molecule is CC(OC(F)F)[C@@H]1CCc2c(-c3ccc(F)cc3F)cc(C(N)=O)nc2O1. The lowest BCUT2D eigenvalue weighted by molar-refractivity contribution is -0.180. The summed E-state index contributed by atoms with van der Waals surface area (Å²) < 4.78 is 62.5. The van der Waals surface area contributed by atoms with E-state index in [0.717, 1.165) is 12.1 Å². The molecule has 27 heavy (non-hydrogen) atoms. The normalized spacial score (nSPS) is 17.3. The number of fused-ring (bicyclic) bond motifs is 1. The van der Waals surface area contributed by atoms with Gasteiger partial charge in [-0.2, -0.15) is 8.78 Å². The summed E-state index contributed by atoms with van der Waals surface area (Å²) >= 11 is 0. The molecule has 2 atom stereocenters. The topological polar surface area (TPSA) is 74.4 Å². The fourth-order valence-corrected chi connectivity index (χ4v) is 3.03. The Labute approximate surface area is 152 Å². The zero-order chi connectivity index (χ0) is 19.7. The van der Waals surface area contributed by atoms with Crippen LogP contribution in [0.3, 0.4) is 0 Å². The number of ether oxygens (including phenoxy) is 2. The number of benzene rings is 1. The van der Waals surface area contributed by atoms with Gasteiger partial charge in [0, 0.05) is 17.2 Å². The van der Waals surface area contributed by atoms with Gasteiger partial charge in [0.25, 0.3) is 5.91 Å². The maximum absolute atomic E-state index is 14.3. The van der Waals surface area contributed by atoms with Gasteiger partial charge in [-0.15, -0.1) is 0 Å². The molecule has 1 unspecified atom stereocenters. The number of alkyl halides is 2. The van der Waals surface area contributed by atoms with E-state index in [-0.39, 0.29) is 22.7 Å². The molecule has 144 valence electrons. The Morgan fingerprint density at radius 3 is 2.67 bits per heavy atom. The van der Waals surface area contributed by atoms with Crippen molar-refractivity contribution in [2.24, 2.45) is 5.73 Å². The van der Waals surface area contributed by atoms with E-state index in [1.54, 1.807) is 0 Å². The standard InChI is InChI=1S/C18H16F4N2O3/c1-8(26-18(21)22)15-5-4-11-12(10-3-2-9(19)6-13(10)20)7-14(16(23)25)24-17(11)27-15/h2-3,6-8,15,18H,4-5H2,1H3,(H2,23,25)/t8?,15-/m0/s1. The molecule has 2 N–H and O–H groups in total. The van der Waals surface area contributed by atoms with Crippen molar-refractivity contribution in [1.29, 1.82) is 0 Å². The molecule has 1 aromatic carbocycles. The van der Waals surface area contributed by atoms with Crippen LogP contribution in [0.2, 0.25) is 0 Å². The van der Waals surface area contributed by atoms with Crippen LogP contribution in [0.25, 0.3) is 11.1 Å². The summed E-state index contributed by atoms with van der Waals surface area (Å²) in [5.74, 6) is -2.45. The minimum atomic E-state index is -2.96. The van der Waals surface area contributed by atoms with E-state index in [1.807, 2.05) is 0 Å². The largest absolute Gasteiger partial charge is 0.471 e. The molecular weight excluding hydrogens is 368 g/mol. The van der Waals surface area contributed by atoms with Crippen molar-refractivity contribution in [1.82, 2.24) is 4.98 Å². The zero-order valence-corrected chi connectivity index (χ0v) is 14.2. The van der Waals surface area contributed by atoms with Crippen molar-refractivity contribution in [3.63, 3.8) is 0 Å². The van der Waals surface area contributed by atoms with E-state index < -0.39 is 36.4 Å². The quantitative estimate of drug-likeness (QED) is 0.802. The Hall–Kier alpha value is -2.68. The molecule has 1 aromatic heterocycles. The fourth-order valence-electron chi connectivity index (χ4n) is 3.03. The van der Waals surface area contributed by atoms with Gasteiger partial charge in [-0.25, -0.2) is 13.8 Å². The van der Waals surface area contributed by atoms with Crippen molar-refractivity contribution < 1.29 is 31.8 Å². The van der Waals surface area contributed by atoms with E-state index in [1.165, 1.54) is 19.1 Å². The number of rotatable bonds is 5. The first kappa shape index (κ1) is 19.1. The summed E-state index contributed by atoms with van der Waals surface area (Å²) in [6.07, 6.45) is -1.03. The number of amides is 1. The molecule has 1 aliphatic rings. The second kappa shape index (κ2) is 7.51. The lowest BCUT2D eigenvalue weighted by Gasteiger charge is -2.30. The number of pyridine rings is 1. The molecule has 0 spiro atoms. The minimum Gasteiger partial charge on any atom is -0.471 e. The summed E-state index contributed by atoms with van der Waals surface area (Å²) in [6, 6.07) is 4.34. The van der Waals surface area contributed by atoms with Crippen LogP contribution in [0.1, 0.15) is 29.4 Å². The highest BCUT2D eigenvalue weighted by molar-refractivity contribution is 5.93. The van der Waals surface area contributed by atoms with Crippen molar-refractivity contribution in [3.8, 4) is 17.0 Å². The number of nitrogens with two attached hydrogens (primary N) is 1. The van der Waals surface area contributed by atoms with Crippen LogP contribution in [0.4, 0.5) is 17.6 Å². The lowest BCUT2D eigenvalue weighted by Crippen LogP contribution is -2.36. The van der Waals surface area contributed by atoms with E-state index >= 15 is 0 Å². The molecule has 3 rings (SSSR count). The van der Waals surface area contributed by atoms with Gasteiger partial charge in [-0.3, -0.25) is 4.79 Å². The van der Waals surface area contributed by atoms with Gasteiger partial charge < -0.3 is 15.2 Å². The van der Waals surface area contributed by atoms with Crippen LogP contribution in [0, 0.1) is 11.6 Å². The molecule has 1 aliphatic heterocycles. The zero-order valence-electron chi connectivity index (χ0n) is 14.2. The number of nitrogens with zero attached hydrogens (tertiary/aromatic N) is 1. The van der Waals surface area contributed by atoms with Crippen molar-refractivity contribution in [2.75, 3.05) is 0 Å². The van der Waals surface area contributed by atoms with Gasteiger partial charge in [-0.05, 0) is 43.5 Å². The summed E-state index contributed by atoms with van der Waals surface area (Å²) in [5.41, 5.74) is 5.91. The second-order valence-corrected chi connectivity index (χ2v) is 6.12. The third-order valence-electron chi connectivity index (χ3n) is 4.34. The van der Waals surface area contributed by atoms with Crippen LogP contribution < -0.4 is 10.5 Å².